The summed E-state index contributed by atoms with van der Waals surface area (Å²) < 4.78 is 5.05. The predicted octanol–water partition coefficient (Wildman–Crippen LogP) is 22.8. The number of hydrogen-bond donors (Lipinski definition) is 4. The summed E-state index contributed by atoms with van der Waals surface area (Å²) in [5.74, 6) is 7.75. The zero-order valence-electron chi connectivity index (χ0n) is 71.2. The third-order valence-electron chi connectivity index (χ3n) is 19.8. The molecule has 18 nitrogen and oxygen atoms in total. The largest absolute Gasteiger partial charge is 0.462 e. The van der Waals surface area contributed by atoms with Gasteiger partial charge < -0.3 is 26.0 Å². The van der Waals surface area contributed by atoms with Crippen LogP contribution in [0.2, 0.25) is 5.02 Å². The van der Waals surface area contributed by atoms with E-state index in [1.54, 1.807) is 19.1 Å². The van der Waals surface area contributed by atoms with Gasteiger partial charge in [-0.2, -0.15) is 39.9 Å². The van der Waals surface area contributed by atoms with Crippen molar-refractivity contribution in [1.82, 2.24) is 59.8 Å². The molecule has 0 aliphatic rings. The van der Waals surface area contributed by atoms with Gasteiger partial charge in [0.05, 0.1) is 22.9 Å². The highest BCUT2D eigenvalue weighted by Crippen LogP contribution is 2.27. The Bertz CT molecular complexity index is 5990. The van der Waals surface area contributed by atoms with Crippen LogP contribution in [0, 0.1) is 62.3 Å². The topological polar surface area (TPSA) is 229 Å². The smallest absolute Gasteiger partial charge is 0.338 e. The number of carbonyl (C=O) groups excluding carboxylic acids is 1. The summed E-state index contributed by atoms with van der Waals surface area (Å²) in [7, 11) is 0. The second-order valence-corrected chi connectivity index (χ2v) is 31.1. The van der Waals surface area contributed by atoms with E-state index in [0.29, 0.717) is 104 Å². The number of nitrogens with one attached hydrogen (secondary N) is 4. The first-order valence-corrected chi connectivity index (χ1v) is 41.7. The Morgan fingerprint density at radius 2 is 0.553 bits per heavy atom. The van der Waals surface area contributed by atoms with Gasteiger partial charge in [-0.15, -0.1) is 0 Å². The molecule has 123 heavy (non-hydrogen) atoms. The fourth-order valence-corrected chi connectivity index (χ4v) is 13.7. The van der Waals surface area contributed by atoms with Crippen LogP contribution in [0.5, 0.6) is 0 Å². The molecule has 19 heteroatoms. The van der Waals surface area contributed by atoms with Crippen LogP contribution in [0.3, 0.4) is 0 Å². The minimum absolute atomic E-state index is 0.338. The Morgan fingerprint density at radius 1 is 0.260 bits per heavy atom. The first kappa shape index (κ1) is 86.5. The lowest BCUT2D eigenvalue weighted by molar-refractivity contribution is 0.0526. The van der Waals surface area contributed by atoms with Gasteiger partial charge in [0.1, 0.15) is 46.6 Å². The lowest BCUT2D eigenvalue weighted by atomic mass is 10.1. The van der Waals surface area contributed by atoms with Gasteiger partial charge in [0.25, 0.3) is 0 Å². The van der Waals surface area contributed by atoms with E-state index < -0.39 is 0 Å². The number of nitrogens with zero attached hydrogens (tertiary/aromatic N) is 12. The molecule has 4 N–H and O–H groups in total. The highest BCUT2D eigenvalue weighted by Gasteiger charge is 2.17. The quantitative estimate of drug-likeness (QED) is 0.0369. The number of halogens is 1. The van der Waals surface area contributed by atoms with Crippen molar-refractivity contribution < 1.29 is 9.53 Å². The van der Waals surface area contributed by atoms with Crippen LogP contribution in [0.25, 0.3) is 0 Å². The van der Waals surface area contributed by atoms with Gasteiger partial charge >= 0.3 is 5.97 Å². The summed E-state index contributed by atoms with van der Waals surface area (Å²) in [5, 5.41) is 13.9. The Balaban J connectivity index is 0.000000141. The van der Waals surface area contributed by atoms with Crippen LogP contribution in [-0.2, 0) is 56.1 Å². The van der Waals surface area contributed by atoms with Crippen molar-refractivity contribution in [1.29, 1.82) is 0 Å². The Labute approximate surface area is 726 Å². The summed E-state index contributed by atoms with van der Waals surface area (Å²) in [6, 6.07) is 100. The third kappa shape index (κ3) is 27.6. The molecule has 616 valence electrons. The van der Waals surface area contributed by atoms with Gasteiger partial charge in [-0.05, 0) is 179 Å². The minimum atomic E-state index is -0.338. The number of rotatable bonds is 26. The second-order valence-electron chi connectivity index (χ2n) is 30.7. The molecular weight excluding hydrogens is 1540 g/mol. The van der Waals surface area contributed by atoms with E-state index in [9.17, 15) is 4.79 Å². The SMILES string of the molecule is CCOC(=O)c1ccc(Nc2nc(Cc3ccc(C)cc3)nc(Cc3cccc(C)c3)n2)cc1.Cc1ccc(Cc2nc(Cc3cccc(C)c3)nc(Nc3ccccc3C)n2)cc1.Cc1ccc(Cc2nc(Cc3cccc(C)c3)nc(Nc3ccccc3Cl)n2)cc1.Cc1ccc(Cc2nc(Cc3ccccc3)nc(Nc3cccc(C)c3)n2)cc1. The van der Waals surface area contributed by atoms with Crippen LogP contribution < -0.4 is 21.3 Å². The number of benzene rings is 12. The van der Waals surface area contributed by atoms with Crippen molar-refractivity contribution in [3.63, 3.8) is 0 Å². The molecule has 4 aromatic heterocycles. The summed E-state index contributed by atoms with van der Waals surface area (Å²) in [6.45, 7) is 20.9. The lowest BCUT2D eigenvalue weighted by Gasteiger charge is -2.11. The lowest BCUT2D eigenvalue weighted by Crippen LogP contribution is -2.09. The van der Waals surface area contributed by atoms with E-state index in [2.05, 4.69) is 308 Å². The second kappa shape index (κ2) is 43.0. The molecule has 4 heterocycles. The zero-order valence-corrected chi connectivity index (χ0v) is 72.0. The third-order valence-corrected chi connectivity index (χ3v) is 20.2. The molecule has 0 saturated carbocycles. The fraction of sp³-hybridized carbons (Fsp3) is 0.183. The van der Waals surface area contributed by atoms with Crippen LogP contribution in [0.4, 0.5) is 46.5 Å². The van der Waals surface area contributed by atoms with Crippen molar-refractivity contribution in [2.24, 2.45) is 0 Å². The number of anilines is 8. The van der Waals surface area contributed by atoms with Gasteiger partial charge in [-0.1, -0.05) is 293 Å². The van der Waals surface area contributed by atoms with Gasteiger partial charge in [0.15, 0.2) is 0 Å². The Morgan fingerprint density at radius 3 is 0.902 bits per heavy atom. The molecule has 0 amide bonds. The monoisotopic (exact) mass is 1640 g/mol. The number of hydrogen-bond acceptors (Lipinski definition) is 18. The van der Waals surface area contributed by atoms with Gasteiger partial charge in [0, 0.05) is 68.4 Å². The highest BCUT2D eigenvalue weighted by atomic mass is 35.5. The molecular formula is C104H101ClN16O2. The minimum Gasteiger partial charge on any atom is -0.462 e. The maximum Gasteiger partial charge on any atom is 0.338 e. The fourth-order valence-electron chi connectivity index (χ4n) is 13.5. The maximum atomic E-state index is 11.9. The van der Waals surface area contributed by atoms with Crippen LogP contribution in [0.1, 0.15) is 158 Å². The molecule has 0 atom stereocenters. The zero-order chi connectivity index (χ0) is 85.8. The number of aryl methyl sites for hydroxylation is 9. The van der Waals surface area contributed by atoms with E-state index in [4.69, 9.17) is 46.2 Å². The average Bonchev–Trinajstić information content (AvgIpc) is 0.844. The van der Waals surface area contributed by atoms with E-state index in [0.717, 1.165) is 79.9 Å². The van der Waals surface area contributed by atoms with Gasteiger partial charge in [-0.3, -0.25) is 0 Å². The molecule has 16 aromatic rings. The summed E-state index contributed by atoms with van der Waals surface area (Å²) >= 11 is 6.31. The predicted molar refractivity (Wildman–Crippen MR) is 496 cm³/mol. The molecule has 0 radical (unpaired) electrons. The molecule has 0 aliphatic heterocycles. The highest BCUT2D eigenvalue weighted by molar-refractivity contribution is 6.33. The van der Waals surface area contributed by atoms with Crippen molar-refractivity contribution in [3.8, 4) is 0 Å². The molecule has 0 spiro atoms. The molecule has 0 bridgehead atoms. The Kier molecular flexibility index (Phi) is 30.3. The average molecular weight is 1640 g/mol. The number of esters is 1. The molecule has 0 saturated heterocycles. The van der Waals surface area contributed by atoms with Gasteiger partial charge in [-0.25, -0.2) is 24.7 Å². The molecule has 12 aromatic carbocycles. The summed E-state index contributed by atoms with van der Waals surface area (Å²) in [5.41, 5.74) is 24.4. The van der Waals surface area contributed by atoms with Crippen LogP contribution in [-0.4, -0.2) is 72.4 Å². The van der Waals surface area contributed by atoms with Gasteiger partial charge in [0.2, 0.25) is 23.8 Å². The van der Waals surface area contributed by atoms with Crippen LogP contribution in [0.15, 0.2) is 297 Å². The molecule has 16 rings (SSSR count). The first-order chi connectivity index (χ1) is 59.7. The number of para-hydroxylation sites is 2. The number of aromatic nitrogens is 12. The normalized spacial score (nSPS) is 10.7. The maximum absolute atomic E-state index is 11.9. The van der Waals surface area contributed by atoms with Crippen LogP contribution >= 0.6 is 11.6 Å². The first-order valence-electron chi connectivity index (χ1n) is 41.3. The van der Waals surface area contributed by atoms with E-state index in [1.807, 2.05) is 91.0 Å². The van der Waals surface area contributed by atoms with E-state index >= 15 is 0 Å². The van der Waals surface area contributed by atoms with E-state index in [1.165, 1.54) is 72.3 Å². The van der Waals surface area contributed by atoms with Crippen molar-refractivity contribution in [2.45, 2.75) is 121 Å². The summed E-state index contributed by atoms with van der Waals surface area (Å²) in [4.78, 5) is 68.4. The van der Waals surface area contributed by atoms with Crippen molar-refractivity contribution in [2.75, 3.05) is 27.9 Å². The van der Waals surface area contributed by atoms with E-state index in [-0.39, 0.29) is 5.97 Å². The standard InChI is InChI=1S/C28H28N4O2.C26H26N4.C25H23ClN4.C25H24N4/c1-4-34-27(33)23-12-14-24(15-13-23)29-28-31-25(17-21-10-8-19(2)9-11-21)30-26(32-28)18-22-7-5-6-20(3)16-22;1-18-11-13-21(14-12-18)16-24-28-25(17-22-9-6-7-19(2)15-22)30-26(29-24)27-23-10-5-4-8-20(23)3;1-17-10-12-19(13-11-17)15-23-28-24(16-20-7-5-6-18(2)14-20)30-25(29-23)27-22-9-4-3-8-21(22)26;1-18-11-13-21(14-12-18)17-24-27-23(16-20-8-4-3-5-9-20)28-25(29-24)26-22-10-6-7-19(2)15-22/h5-16H,4,17-18H2,1-3H3,(H,29,30,31,32);4-15H,16-17H2,1-3H3,(H,27,28,29,30);3-14H,15-16H2,1-2H3,(H,27,28,29,30);3-15H,16-17H2,1-2H3,(H,26,27,28,29). The number of carbonyl (C=O) groups is 1. The summed E-state index contributed by atoms with van der Waals surface area (Å²) in [6.07, 6.45) is 5.20. The molecule has 0 aliphatic carbocycles. The molecule has 0 unspecified atom stereocenters. The van der Waals surface area contributed by atoms with Crippen molar-refractivity contribution in [3.05, 3.63) is 449 Å². The number of ether oxygens (including phenoxy) is 1. The van der Waals surface area contributed by atoms with Crippen molar-refractivity contribution >= 4 is 64.1 Å². The Hall–Kier alpha value is -14.4. The molecule has 0 fully saturated rings.